The van der Waals surface area contributed by atoms with Crippen LogP contribution in [0.2, 0.25) is 0 Å². The van der Waals surface area contributed by atoms with Gasteiger partial charge in [-0.25, -0.2) is 21.6 Å². The largest absolute Gasteiger partial charge is 0.744 e. The van der Waals surface area contributed by atoms with Crippen molar-refractivity contribution in [3.05, 3.63) is 88.8 Å². The number of aromatic carboxylic acids is 1. The second-order valence-corrected chi connectivity index (χ2v) is 21.2. The maximum absolute atomic E-state index is 13.1. The standard InChI is InChI=1S/C41H46ClN5O11S2.2C7H16/c1-2-22-47(23-19-42)27-12-9-25(10-13-27)7-6-8-34(48)45-20-4-3-5-21-46-40(49)26-11-14-28(31(24-26)41(50)51)35-29-15-17-32(43)38(59(52,53)54)36(29)58-37-30(35)16-18-33(44)39(37)60(55,56)57;2*1-4-7(5-2)6-3/h9-18,24,43H,2-8,19-23,44H2,1H3,(H,45,48)(H,46,49)(H,50,51)(H,52,53,54)(H,55,56,57);2*7H,4-6H2,1-3H3/p-2. The van der Waals surface area contributed by atoms with Crippen LogP contribution in [0.3, 0.4) is 0 Å². The van der Waals surface area contributed by atoms with Gasteiger partial charge < -0.3 is 39.9 Å². The number of aryl methyl sites for hydroxylation is 1. The van der Waals surface area contributed by atoms with E-state index in [9.17, 15) is 45.4 Å². The molecule has 0 spiro atoms. The number of nitrogens with two attached hydrogens (primary N) is 1. The number of rotatable bonds is 26. The van der Waals surface area contributed by atoms with E-state index in [1.54, 1.807) is 0 Å². The number of hydrogen-bond acceptors (Lipinski definition) is 13. The summed E-state index contributed by atoms with van der Waals surface area (Å²) < 4.78 is 79.5. The number of fused-ring (bicyclic) bond motifs is 2. The van der Waals surface area contributed by atoms with E-state index in [-0.39, 0.29) is 40.1 Å². The highest BCUT2D eigenvalue weighted by Crippen LogP contribution is 2.45. The van der Waals surface area contributed by atoms with Crippen LogP contribution in [-0.2, 0) is 31.5 Å². The van der Waals surface area contributed by atoms with Crippen LogP contribution in [0, 0.1) is 17.2 Å². The quantitative estimate of drug-likeness (QED) is 0.0113. The minimum Gasteiger partial charge on any atom is -0.744 e. The monoisotopic (exact) mass is 1080 g/mol. The number of halogens is 1. The van der Waals surface area contributed by atoms with E-state index in [1.165, 1.54) is 62.8 Å². The van der Waals surface area contributed by atoms with Crippen LogP contribution in [0.1, 0.15) is 152 Å². The Balaban J connectivity index is 0.000000903. The Hall–Kier alpha value is -5.53. The molecule has 19 heteroatoms. The fourth-order valence-corrected chi connectivity index (χ4v) is 10.4. The molecule has 5 rings (SSSR count). The van der Waals surface area contributed by atoms with Crippen molar-refractivity contribution in [3.63, 3.8) is 0 Å². The van der Waals surface area contributed by atoms with Crippen LogP contribution in [0.25, 0.3) is 33.4 Å². The molecule has 74 heavy (non-hydrogen) atoms. The summed E-state index contributed by atoms with van der Waals surface area (Å²) in [5.41, 5.74) is 5.69. The van der Waals surface area contributed by atoms with E-state index in [1.807, 2.05) is 0 Å². The van der Waals surface area contributed by atoms with Gasteiger partial charge in [-0.2, -0.15) is 0 Å². The van der Waals surface area contributed by atoms with Crippen molar-refractivity contribution in [2.24, 2.45) is 11.8 Å². The summed E-state index contributed by atoms with van der Waals surface area (Å²) in [6.07, 6.45) is 12.9. The van der Waals surface area contributed by atoms with Gasteiger partial charge in [0.15, 0.2) is 11.3 Å². The lowest BCUT2D eigenvalue weighted by molar-refractivity contribution is -0.121. The predicted octanol–water partition coefficient (Wildman–Crippen LogP) is 10.9. The molecule has 0 radical (unpaired) electrons. The van der Waals surface area contributed by atoms with Gasteiger partial charge in [0, 0.05) is 66.2 Å². The molecule has 3 aromatic rings. The average Bonchev–Trinajstić information content (AvgIpc) is 3.36. The summed E-state index contributed by atoms with van der Waals surface area (Å²) in [6, 6.07) is 16.3. The third kappa shape index (κ3) is 18.1. The number of benzene rings is 4. The van der Waals surface area contributed by atoms with Crippen LogP contribution in [0.4, 0.5) is 11.4 Å². The Morgan fingerprint density at radius 1 is 0.730 bits per heavy atom. The number of hydrogen-bond donors (Lipinski definition) is 5. The number of nitrogens with one attached hydrogen (secondary N) is 3. The normalized spacial score (nSPS) is 11.5. The maximum Gasteiger partial charge on any atom is 0.336 e. The zero-order valence-corrected chi connectivity index (χ0v) is 46.4. The maximum atomic E-state index is 13.1. The predicted molar refractivity (Wildman–Crippen MR) is 292 cm³/mol. The number of nitrogen functional groups attached to an aromatic ring is 1. The number of carboxylic acid groups (broad SMARTS) is 1. The molecule has 3 aromatic carbocycles. The molecule has 408 valence electrons. The molecular formula is C55H76ClN5O11S2-2. The number of amides is 2. The molecule has 1 aliphatic carbocycles. The highest BCUT2D eigenvalue weighted by atomic mass is 35.5. The molecule has 0 bridgehead atoms. The fraction of sp³-hybridized carbons (Fsp3) is 0.491. The third-order valence-corrected chi connectivity index (χ3v) is 15.2. The molecule has 0 saturated heterocycles. The van der Waals surface area contributed by atoms with Crippen LogP contribution in [0.5, 0.6) is 0 Å². The van der Waals surface area contributed by atoms with Crippen molar-refractivity contribution in [1.29, 1.82) is 5.41 Å². The number of carbonyl (C=O) groups excluding carboxylic acids is 2. The molecule has 0 fully saturated rings. The van der Waals surface area contributed by atoms with Crippen molar-refractivity contribution in [3.8, 4) is 22.5 Å². The zero-order chi connectivity index (χ0) is 55.2. The van der Waals surface area contributed by atoms with E-state index >= 15 is 0 Å². The summed E-state index contributed by atoms with van der Waals surface area (Å²) in [4.78, 5) is 38.2. The van der Waals surface area contributed by atoms with Gasteiger partial charge in [0.25, 0.3) is 5.91 Å². The molecule has 6 N–H and O–H groups in total. The Morgan fingerprint density at radius 3 is 1.81 bits per heavy atom. The number of unbranched alkanes of at least 4 members (excludes halogenated alkanes) is 2. The van der Waals surface area contributed by atoms with Crippen molar-refractivity contribution >= 4 is 72.0 Å². The van der Waals surface area contributed by atoms with Gasteiger partial charge in [0.05, 0.1) is 16.6 Å². The van der Waals surface area contributed by atoms with E-state index in [0.717, 1.165) is 67.2 Å². The van der Waals surface area contributed by atoms with E-state index in [2.05, 4.69) is 88.3 Å². The molecule has 2 amide bonds. The van der Waals surface area contributed by atoms with Crippen molar-refractivity contribution in [2.75, 3.05) is 42.7 Å². The van der Waals surface area contributed by atoms with E-state index in [0.29, 0.717) is 44.5 Å². The molecule has 1 heterocycles. The first-order valence-electron chi connectivity index (χ1n) is 25.8. The van der Waals surface area contributed by atoms with Crippen LogP contribution in [0.15, 0.2) is 80.9 Å². The summed E-state index contributed by atoms with van der Waals surface area (Å²) in [7, 11) is -10.9. The topological polar surface area (TPSA) is 276 Å². The number of anilines is 2. The number of carbonyl (C=O) groups is 3. The smallest absolute Gasteiger partial charge is 0.336 e. The summed E-state index contributed by atoms with van der Waals surface area (Å²) in [5.74, 6) is -0.456. The van der Waals surface area contributed by atoms with E-state index in [4.69, 9.17) is 27.2 Å². The molecule has 0 saturated carbocycles. The van der Waals surface area contributed by atoms with Gasteiger partial charge in [0.1, 0.15) is 30.0 Å². The first kappa shape index (κ1) is 62.8. The van der Waals surface area contributed by atoms with Crippen molar-refractivity contribution in [2.45, 2.75) is 142 Å². The highest BCUT2D eigenvalue weighted by molar-refractivity contribution is 7.86. The Kier molecular flexibility index (Phi) is 26.1. The second-order valence-electron chi connectivity index (χ2n) is 18.2. The van der Waals surface area contributed by atoms with Gasteiger partial charge in [0.2, 0.25) is 5.91 Å². The van der Waals surface area contributed by atoms with Crippen molar-refractivity contribution < 1.29 is 49.8 Å². The number of nitrogens with zero attached hydrogens (tertiary/aromatic N) is 1. The Bertz CT molecular complexity index is 2840. The fourth-order valence-electron chi connectivity index (χ4n) is 8.71. The Labute approximate surface area is 443 Å². The van der Waals surface area contributed by atoms with Crippen LogP contribution in [-0.4, -0.2) is 80.9 Å². The minimum absolute atomic E-state index is 0.0447. The van der Waals surface area contributed by atoms with Crippen molar-refractivity contribution in [1.82, 2.24) is 10.6 Å². The lowest BCUT2D eigenvalue weighted by Gasteiger charge is -2.23. The molecule has 2 aliphatic rings. The van der Waals surface area contributed by atoms with Gasteiger partial charge in [-0.05, 0) is 110 Å². The average molecular weight is 1080 g/mol. The van der Waals surface area contributed by atoms with Gasteiger partial charge >= 0.3 is 5.97 Å². The van der Waals surface area contributed by atoms with Gasteiger partial charge in [-0.1, -0.05) is 105 Å². The molecule has 16 nitrogen and oxygen atoms in total. The number of alkyl halides is 1. The van der Waals surface area contributed by atoms with Crippen LogP contribution < -0.4 is 26.6 Å². The molecule has 0 aromatic heterocycles. The molecule has 0 unspecified atom stereocenters. The summed E-state index contributed by atoms with van der Waals surface area (Å²) in [6.45, 7) is 18.1. The lowest BCUT2D eigenvalue weighted by atomic mass is 9.89. The summed E-state index contributed by atoms with van der Waals surface area (Å²) in [5, 5.41) is 23.0. The first-order chi connectivity index (χ1) is 35.1. The first-order valence-corrected chi connectivity index (χ1v) is 29.1. The minimum atomic E-state index is -5.45. The highest BCUT2D eigenvalue weighted by Gasteiger charge is 2.29. The van der Waals surface area contributed by atoms with Crippen LogP contribution >= 0.6 is 11.6 Å². The summed E-state index contributed by atoms with van der Waals surface area (Å²) >= 11 is 5.94. The Morgan fingerprint density at radius 2 is 1.30 bits per heavy atom. The second kappa shape index (κ2) is 30.7. The molecular weight excluding hydrogens is 1010 g/mol. The zero-order valence-electron chi connectivity index (χ0n) is 44.0. The van der Waals surface area contributed by atoms with Gasteiger partial charge in [-0.15, -0.1) is 11.6 Å². The molecule has 0 atom stereocenters. The van der Waals surface area contributed by atoms with E-state index < -0.39 is 69.9 Å². The molecule has 1 aliphatic heterocycles. The lowest BCUT2D eigenvalue weighted by Crippen LogP contribution is -2.26. The van der Waals surface area contributed by atoms with Gasteiger partial charge in [-0.3, -0.25) is 15.0 Å². The number of carboxylic acids is 1. The SMILES string of the molecule is CCC(CC)CC.CCC(CC)CC.CCCN(CCCl)c1ccc(CCCC(=O)NCCCCCNC(=O)c2ccc(-c3c4ccc(=N)c(S(=O)(=O)[O-])c-4oc4c(S(=O)(=O)[O-])c(N)ccc34)c(C(=O)O)c2)cc1. The third-order valence-electron chi connectivity index (χ3n) is 13.2.